The molecule has 3 heterocycles. The van der Waals surface area contributed by atoms with Crippen molar-refractivity contribution in [2.24, 2.45) is 0 Å². The molecule has 1 fully saturated rings. The zero-order chi connectivity index (χ0) is 17.9. The number of nitrogens with zero attached hydrogens (tertiary/aromatic N) is 7. The maximum atomic E-state index is 12.4. The number of rotatable bonds is 4. The second-order valence-electron chi connectivity index (χ2n) is 6.38. The summed E-state index contributed by atoms with van der Waals surface area (Å²) in [6.07, 6.45) is 1.82. The predicted octanol–water partition coefficient (Wildman–Crippen LogP) is 1.44. The Morgan fingerprint density at radius 2 is 1.96 bits per heavy atom. The second kappa shape index (κ2) is 7.03. The minimum atomic E-state index is 0.0405. The van der Waals surface area contributed by atoms with Crippen LogP contribution in [0.4, 0.5) is 0 Å². The van der Waals surface area contributed by atoms with Gasteiger partial charge in [-0.25, -0.2) is 4.63 Å². The number of tetrazole rings is 1. The van der Waals surface area contributed by atoms with Crippen molar-refractivity contribution in [1.82, 2.24) is 35.4 Å². The molecule has 0 N–H and O–H groups in total. The molecule has 0 unspecified atom stereocenters. The van der Waals surface area contributed by atoms with Gasteiger partial charge in [0, 0.05) is 18.7 Å². The van der Waals surface area contributed by atoms with Crippen molar-refractivity contribution in [3.8, 4) is 11.4 Å². The van der Waals surface area contributed by atoms with E-state index >= 15 is 0 Å². The zero-order valence-corrected chi connectivity index (χ0v) is 14.4. The molecule has 0 radical (unpaired) electrons. The number of hydrogen-bond acceptors (Lipinski definition) is 7. The lowest BCUT2D eigenvalue weighted by molar-refractivity contribution is -0.131. The Kier molecular flexibility index (Phi) is 4.42. The second-order valence-corrected chi connectivity index (χ2v) is 6.38. The monoisotopic (exact) mass is 353 g/mol. The number of aryl methyl sites for hydroxylation is 1. The average molecular weight is 353 g/mol. The molecule has 3 aromatic rings. The van der Waals surface area contributed by atoms with E-state index in [9.17, 15) is 4.79 Å². The molecule has 0 atom stereocenters. The fourth-order valence-corrected chi connectivity index (χ4v) is 3.09. The van der Waals surface area contributed by atoms with Crippen LogP contribution >= 0.6 is 0 Å². The SMILES string of the molecule is Cc1nonc1CC(=O)N1CCC(n2nnc(-c3ccccc3)n2)CC1. The molecule has 2 aromatic heterocycles. The molecule has 9 heteroatoms. The normalized spacial score (nSPS) is 15.3. The van der Waals surface area contributed by atoms with Gasteiger partial charge in [0.15, 0.2) is 0 Å². The van der Waals surface area contributed by atoms with E-state index in [4.69, 9.17) is 0 Å². The van der Waals surface area contributed by atoms with Gasteiger partial charge in [0.2, 0.25) is 11.7 Å². The topological polar surface area (TPSA) is 103 Å². The fraction of sp³-hybridized carbons (Fsp3) is 0.412. The summed E-state index contributed by atoms with van der Waals surface area (Å²) in [6.45, 7) is 3.11. The Hall–Kier alpha value is -3.10. The molecule has 0 spiro atoms. The predicted molar refractivity (Wildman–Crippen MR) is 90.8 cm³/mol. The van der Waals surface area contributed by atoms with Crippen molar-refractivity contribution in [2.75, 3.05) is 13.1 Å². The first-order valence-electron chi connectivity index (χ1n) is 8.61. The van der Waals surface area contributed by atoms with Crippen LogP contribution in [0.5, 0.6) is 0 Å². The summed E-state index contributed by atoms with van der Waals surface area (Å²) in [6, 6.07) is 9.93. The van der Waals surface area contributed by atoms with Gasteiger partial charge < -0.3 is 4.90 Å². The van der Waals surface area contributed by atoms with Crippen molar-refractivity contribution < 1.29 is 9.42 Å². The van der Waals surface area contributed by atoms with Crippen LogP contribution in [0.15, 0.2) is 35.0 Å². The minimum Gasteiger partial charge on any atom is -0.342 e. The molecule has 1 saturated heterocycles. The number of carbonyl (C=O) groups is 1. The van der Waals surface area contributed by atoms with Crippen molar-refractivity contribution in [2.45, 2.75) is 32.2 Å². The Morgan fingerprint density at radius 1 is 1.19 bits per heavy atom. The van der Waals surface area contributed by atoms with Crippen LogP contribution in [0, 0.1) is 6.92 Å². The smallest absolute Gasteiger partial charge is 0.228 e. The lowest BCUT2D eigenvalue weighted by Gasteiger charge is -2.31. The Balaban J connectivity index is 1.36. The van der Waals surface area contributed by atoms with Gasteiger partial charge in [-0.05, 0) is 25.0 Å². The highest BCUT2D eigenvalue weighted by Crippen LogP contribution is 2.22. The Bertz CT molecular complexity index is 881. The third-order valence-electron chi connectivity index (χ3n) is 4.67. The molecule has 1 aromatic carbocycles. The summed E-state index contributed by atoms with van der Waals surface area (Å²) in [5.41, 5.74) is 2.21. The van der Waals surface area contributed by atoms with E-state index in [1.54, 1.807) is 11.7 Å². The number of piperidine rings is 1. The lowest BCUT2D eigenvalue weighted by atomic mass is 10.1. The Labute approximate surface area is 150 Å². The van der Waals surface area contributed by atoms with E-state index in [1.807, 2.05) is 35.2 Å². The van der Waals surface area contributed by atoms with Crippen LogP contribution in [-0.2, 0) is 11.2 Å². The fourth-order valence-electron chi connectivity index (χ4n) is 3.09. The summed E-state index contributed by atoms with van der Waals surface area (Å²) in [7, 11) is 0. The van der Waals surface area contributed by atoms with Crippen molar-refractivity contribution in [3.05, 3.63) is 41.7 Å². The molecule has 134 valence electrons. The van der Waals surface area contributed by atoms with Gasteiger partial charge >= 0.3 is 0 Å². The maximum absolute atomic E-state index is 12.4. The molecule has 0 aliphatic carbocycles. The van der Waals surface area contributed by atoms with Gasteiger partial charge in [-0.2, -0.15) is 4.80 Å². The number of aromatic nitrogens is 6. The van der Waals surface area contributed by atoms with Crippen LogP contribution in [0.25, 0.3) is 11.4 Å². The Morgan fingerprint density at radius 3 is 2.65 bits per heavy atom. The third kappa shape index (κ3) is 3.32. The zero-order valence-electron chi connectivity index (χ0n) is 14.4. The van der Waals surface area contributed by atoms with E-state index in [-0.39, 0.29) is 18.4 Å². The number of amides is 1. The molecular formula is C17H19N7O2. The van der Waals surface area contributed by atoms with Crippen LogP contribution in [-0.4, -0.2) is 54.4 Å². The van der Waals surface area contributed by atoms with Crippen molar-refractivity contribution in [3.63, 3.8) is 0 Å². The van der Waals surface area contributed by atoms with Gasteiger partial charge in [-0.15, -0.1) is 10.2 Å². The van der Waals surface area contributed by atoms with Gasteiger partial charge in [-0.1, -0.05) is 40.6 Å². The van der Waals surface area contributed by atoms with Crippen LogP contribution < -0.4 is 0 Å². The molecule has 0 bridgehead atoms. The maximum Gasteiger partial charge on any atom is 0.228 e. The molecule has 0 saturated carbocycles. The van der Waals surface area contributed by atoms with E-state index in [0.29, 0.717) is 30.3 Å². The number of carbonyl (C=O) groups excluding carboxylic acids is 1. The largest absolute Gasteiger partial charge is 0.342 e. The highest BCUT2D eigenvalue weighted by molar-refractivity contribution is 5.78. The number of benzene rings is 1. The molecule has 9 nitrogen and oxygen atoms in total. The molecule has 4 rings (SSSR count). The van der Waals surface area contributed by atoms with Gasteiger partial charge in [0.1, 0.15) is 11.4 Å². The summed E-state index contributed by atoms with van der Waals surface area (Å²) in [5, 5.41) is 20.3. The molecule has 1 aliphatic heterocycles. The first-order valence-corrected chi connectivity index (χ1v) is 8.61. The summed E-state index contributed by atoms with van der Waals surface area (Å²) in [4.78, 5) is 15.9. The first kappa shape index (κ1) is 16.4. The first-order chi connectivity index (χ1) is 12.7. The standard InChI is InChI=1S/C17H19N7O2/c1-12-15(21-26-20-12)11-16(25)23-9-7-14(8-10-23)24-19-17(18-22-24)13-5-3-2-4-6-13/h2-6,14H,7-11H2,1H3. The highest BCUT2D eigenvalue weighted by atomic mass is 16.6. The summed E-state index contributed by atoms with van der Waals surface area (Å²) in [5.74, 6) is 0.664. The highest BCUT2D eigenvalue weighted by Gasteiger charge is 2.26. The van der Waals surface area contributed by atoms with E-state index < -0.39 is 0 Å². The van der Waals surface area contributed by atoms with Crippen LogP contribution in [0.3, 0.4) is 0 Å². The van der Waals surface area contributed by atoms with Crippen molar-refractivity contribution in [1.29, 1.82) is 0 Å². The van der Waals surface area contributed by atoms with Gasteiger partial charge in [0.25, 0.3) is 0 Å². The van der Waals surface area contributed by atoms with Gasteiger partial charge in [0.05, 0.1) is 12.5 Å². The van der Waals surface area contributed by atoms with Crippen LogP contribution in [0.1, 0.15) is 30.3 Å². The van der Waals surface area contributed by atoms with Crippen LogP contribution in [0.2, 0.25) is 0 Å². The lowest BCUT2D eigenvalue weighted by Crippen LogP contribution is -2.40. The van der Waals surface area contributed by atoms with E-state index in [2.05, 4.69) is 30.4 Å². The van der Waals surface area contributed by atoms with E-state index in [1.165, 1.54) is 0 Å². The molecule has 1 amide bonds. The summed E-state index contributed by atoms with van der Waals surface area (Å²) < 4.78 is 4.65. The molecular weight excluding hydrogens is 334 g/mol. The molecule has 1 aliphatic rings. The van der Waals surface area contributed by atoms with Gasteiger partial charge in [-0.3, -0.25) is 4.79 Å². The minimum absolute atomic E-state index is 0.0405. The van der Waals surface area contributed by atoms with Crippen molar-refractivity contribution >= 4 is 5.91 Å². The number of hydrogen-bond donors (Lipinski definition) is 0. The quantitative estimate of drug-likeness (QED) is 0.699. The molecule has 26 heavy (non-hydrogen) atoms. The third-order valence-corrected chi connectivity index (χ3v) is 4.67. The average Bonchev–Trinajstić information content (AvgIpc) is 3.32. The number of likely N-dealkylation sites (tertiary alicyclic amines) is 1. The summed E-state index contributed by atoms with van der Waals surface area (Å²) >= 11 is 0. The van der Waals surface area contributed by atoms with E-state index in [0.717, 1.165) is 18.4 Å².